The third-order valence-corrected chi connectivity index (χ3v) is 4.24. The molecule has 0 bridgehead atoms. The van der Waals surface area contributed by atoms with Crippen LogP contribution in [0.5, 0.6) is 0 Å². The molecule has 2 aromatic rings. The molecule has 0 radical (unpaired) electrons. The fourth-order valence-corrected chi connectivity index (χ4v) is 2.93. The van der Waals surface area contributed by atoms with Crippen molar-refractivity contribution in [1.29, 1.82) is 0 Å². The summed E-state index contributed by atoms with van der Waals surface area (Å²) in [6.45, 7) is 5.72. The molecule has 4 heteroatoms. The van der Waals surface area contributed by atoms with Crippen molar-refractivity contribution in [2.24, 2.45) is 5.41 Å². The first-order valence-electron chi connectivity index (χ1n) is 7.47. The van der Waals surface area contributed by atoms with E-state index in [4.69, 9.17) is 0 Å². The molecule has 0 aliphatic carbocycles. The van der Waals surface area contributed by atoms with Gasteiger partial charge in [0.25, 0.3) is 0 Å². The molecule has 3 rings (SSSR count). The Morgan fingerprint density at radius 3 is 2.95 bits per heavy atom. The van der Waals surface area contributed by atoms with Crippen molar-refractivity contribution in [3.8, 4) is 0 Å². The predicted octanol–water partition coefficient (Wildman–Crippen LogP) is 2.87. The van der Waals surface area contributed by atoms with E-state index < -0.39 is 0 Å². The average Bonchev–Trinajstić information content (AvgIpc) is 2.47. The zero-order valence-corrected chi connectivity index (χ0v) is 12.6. The molecule has 1 aliphatic heterocycles. The zero-order valence-electron chi connectivity index (χ0n) is 12.6. The summed E-state index contributed by atoms with van der Waals surface area (Å²) in [4.78, 5) is 17.2. The summed E-state index contributed by atoms with van der Waals surface area (Å²) in [5.41, 5.74) is 2.35. The number of piperidine rings is 1. The number of fused-ring (bicyclic) bond motifs is 1. The molecule has 1 unspecified atom stereocenters. The minimum Gasteiger partial charge on any atom is -0.325 e. The molecule has 1 amide bonds. The van der Waals surface area contributed by atoms with E-state index in [2.05, 4.69) is 15.6 Å². The van der Waals surface area contributed by atoms with Crippen molar-refractivity contribution in [1.82, 2.24) is 10.3 Å². The van der Waals surface area contributed by atoms with Gasteiger partial charge in [0, 0.05) is 17.6 Å². The Hall–Kier alpha value is -1.94. The number of aryl methyl sites for hydroxylation is 1. The standard InChI is InChI=1S/C17H21N3O/c1-12-10-15(13-6-3-4-7-14(13)19-12)20-16(21)17(2)8-5-9-18-11-17/h3-4,6-7,10,18H,5,8-9,11H2,1-2H3,(H,19,20,21). The molecule has 2 N–H and O–H groups in total. The van der Waals surface area contributed by atoms with Crippen molar-refractivity contribution in [3.05, 3.63) is 36.0 Å². The third-order valence-electron chi connectivity index (χ3n) is 4.24. The summed E-state index contributed by atoms with van der Waals surface area (Å²) in [5.74, 6) is 0.0884. The second kappa shape index (κ2) is 5.45. The lowest BCUT2D eigenvalue weighted by atomic mass is 9.82. The SMILES string of the molecule is Cc1cc(NC(=O)C2(C)CCCNC2)c2ccccc2n1. The molecule has 1 aromatic carbocycles. The molecular weight excluding hydrogens is 262 g/mol. The topological polar surface area (TPSA) is 54.0 Å². The molecule has 110 valence electrons. The van der Waals surface area contributed by atoms with E-state index >= 15 is 0 Å². The lowest BCUT2D eigenvalue weighted by Crippen LogP contribution is -2.46. The number of aromatic nitrogens is 1. The van der Waals surface area contributed by atoms with Gasteiger partial charge in [0.05, 0.1) is 16.6 Å². The van der Waals surface area contributed by atoms with Gasteiger partial charge in [-0.05, 0) is 45.4 Å². The highest BCUT2D eigenvalue weighted by atomic mass is 16.2. The summed E-state index contributed by atoms with van der Waals surface area (Å²) in [5, 5.41) is 7.42. The number of hydrogen-bond donors (Lipinski definition) is 2. The molecule has 21 heavy (non-hydrogen) atoms. The number of rotatable bonds is 2. The number of nitrogens with zero attached hydrogens (tertiary/aromatic N) is 1. The lowest BCUT2D eigenvalue weighted by Gasteiger charge is -2.32. The van der Waals surface area contributed by atoms with E-state index in [1.807, 2.05) is 44.2 Å². The molecule has 0 saturated carbocycles. The number of pyridine rings is 1. The molecule has 1 aromatic heterocycles. The normalized spacial score (nSPS) is 22.2. The Bertz CT molecular complexity index is 675. The molecule has 0 spiro atoms. The lowest BCUT2D eigenvalue weighted by molar-refractivity contribution is -0.125. The van der Waals surface area contributed by atoms with E-state index in [1.54, 1.807) is 0 Å². The third kappa shape index (κ3) is 2.76. The van der Waals surface area contributed by atoms with Crippen molar-refractivity contribution >= 4 is 22.5 Å². The quantitative estimate of drug-likeness (QED) is 0.891. The summed E-state index contributed by atoms with van der Waals surface area (Å²) in [6.07, 6.45) is 1.97. The molecule has 2 heterocycles. The van der Waals surface area contributed by atoms with E-state index in [9.17, 15) is 4.79 Å². The highest BCUT2D eigenvalue weighted by Crippen LogP contribution is 2.29. The minimum absolute atomic E-state index is 0.0884. The molecule has 1 saturated heterocycles. The molecule has 1 atom stereocenters. The van der Waals surface area contributed by atoms with Gasteiger partial charge in [0.2, 0.25) is 5.91 Å². The Morgan fingerprint density at radius 2 is 2.19 bits per heavy atom. The predicted molar refractivity (Wildman–Crippen MR) is 85.3 cm³/mol. The van der Waals surface area contributed by atoms with Gasteiger partial charge in [-0.25, -0.2) is 0 Å². The fourth-order valence-electron chi connectivity index (χ4n) is 2.93. The number of para-hydroxylation sites is 1. The van der Waals surface area contributed by atoms with Crippen molar-refractivity contribution < 1.29 is 4.79 Å². The van der Waals surface area contributed by atoms with Gasteiger partial charge in [0.15, 0.2) is 0 Å². The summed E-state index contributed by atoms with van der Waals surface area (Å²) in [7, 11) is 0. The van der Waals surface area contributed by atoms with Gasteiger partial charge in [-0.1, -0.05) is 18.2 Å². The second-order valence-electron chi connectivity index (χ2n) is 6.12. The molecule has 4 nitrogen and oxygen atoms in total. The van der Waals surface area contributed by atoms with Crippen LogP contribution in [-0.2, 0) is 4.79 Å². The van der Waals surface area contributed by atoms with Crippen molar-refractivity contribution in [3.63, 3.8) is 0 Å². The number of benzene rings is 1. The summed E-state index contributed by atoms with van der Waals surface area (Å²) in [6, 6.07) is 9.85. The number of amides is 1. The van der Waals surface area contributed by atoms with E-state index in [1.165, 1.54) is 0 Å². The van der Waals surface area contributed by atoms with Crippen LogP contribution in [0.15, 0.2) is 30.3 Å². The van der Waals surface area contributed by atoms with Gasteiger partial charge in [-0.3, -0.25) is 9.78 Å². The van der Waals surface area contributed by atoms with Gasteiger partial charge in [-0.2, -0.15) is 0 Å². The van der Waals surface area contributed by atoms with Crippen molar-refractivity contribution in [2.45, 2.75) is 26.7 Å². The number of carbonyl (C=O) groups is 1. The van der Waals surface area contributed by atoms with Crippen LogP contribution in [0.25, 0.3) is 10.9 Å². The van der Waals surface area contributed by atoms with Crippen LogP contribution >= 0.6 is 0 Å². The van der Waals surface area contributed by atoms with Crippen LogP contribution < -0.4 is 10.6 Å². The molecule has 1 aliphatic rings. The average molecular weight is 283 g/mol. The Kier molecular flexibility index (Phi) is 3.64. The van der Waals surface area contributed by atoms with Crippen LogP contribution in [0.4, 0.5) is 5.69 Å². The highest BCUT2D eigenvalue weighted by Gasteiger charge is 2.34. The first-order chi connectivity index (χ1) is 10.1. The Morgan fingerprint density at radius 1 is 1.38 bits per heavy atom. The van der Waals surface area contributed by atoms with E-state index in [0.29, 0.717) is 0 Å². The van der Waals surface area contributed by atoms with Gasteiger partial charge < -0.3 is 10.6 Å². The van der Waals surface area contributed by atoms with Crippen LogP contribution in [0.3, 0.4) is 0 Å². The largest absolute Gasteiger partial charge is 0.325 e. The first-order valence-corrected chi connectivity index (χ1v) is 7.47. The number of carbonyl (C=O) groups excluding carboxylic acids is 1. The van der Waals surface area contributed by atoms with Gasteiger partial charge in [0.1, 0.15) is 0 Å². The molecular formula is C17H21N3O. The van der Waals surface area contributed by atoms with Crippen molar-refractivity contribution in [2.75, 3.05) is 18.4 Å². The van der Waals surface area contributed by atoms with Crippen LogP contribution in [0.1, 0.15) is 25.5 Å². The van der Waals surface area contributed by atoms with Gasteiger partial charge >= 0.3 is 0 Å². The van der Waals surface area contributed by atoms with E-state index in [-0.39, 0.29) is 11.3 Å². The maximum atomic E-state index is 12.7. The highest BCUT2D eigenvalue weighted by molar-refractivity contribution is 6.03. The van der Waals surface area contributed by atoms with Crippen LogP contribution in [-0.4, -0.2) is 24.0 Å². The Balaban J connectivity index is 1.92. The summed E-state index contributed by atoms with van der Waals surface area (Å²) >= 11 is 0. The smallest absolute Gasteiger partial charge is 0.231 e. The fraction of sp³-hybridized carbons (Fsp3) is 0.412. The first kappa shape index (κ1) is 14.0. The summed E-state index contributed by atoms with van der Waals surface area (Å²) < 4.78 is 0. The Labute approximate surface area is 125 Å². The maximum absolute atomic E-state index is 12.7. The number of hydrogen-bond acceptors (Lipinski definition) is 3. The second-order valence-corrected chi connectivity index (χ2v) is 6.12. The minimum atomic E-state index is -0.337. The van der Waals surface area contributed by atoms with Crippen LogP contribution in [0.2, 0.25) is 0 Å². The molecule has 1 fully saturated rings. The number of anilines is 1. The van der Waals surface area contributed by atoms with Gasteiger partial charge in [-0.15, -0.1) is 0 Å². The monoisotopic (exact) mass is 283 g/mol. The maximum Gasteiger partial charge on any atom is 0.231 e. The zero-order chi connectivity index (χ0) is 14.9. The van der Waals surface area contributed by atoms with E-state index in [0.717, 1.165) is 48.2 Å². The van der Waals surface area contributed by atoms with Crippen LogP contribution in [0, 0.1) is 12.3 Å². The number of nitrogens with one attached hydrogen (secondary N) is 2.